The molecule has 1 aromatic carbocycles. The molecule has 0 unspecified atom stereocenters. The third kappa shape index (κ3) is 2.83. The molecular weight excluding hydrogens is 332 g/mol. The summed E-state index contributed by atoms with van der Waals surface area (Å²) in [6.07, 6.45) is 5.60. The van der Waals surface area contributed by atoms with Crippen LogP contribution in [0.15, 0.2) is 42.9 Å². The molecule has 0 aliphatic rings. The molecule has 3 heterocycles. The number of anilines is 3. The number of aromatic nitrogens is 4. The highest BCUT2D eigenvalue weighted by molar-refractivity contribution is 7.15. The number of imidazole rings is 1. The van der Waals surface area contributed by atoms with Crippen molar-refractivity contribution in [2.45, 2.75) is 13.8 Å². The lowest BCUT2D eigenvalue weighted by molar-refractivity contribution is 1.13. The number of benzene rings is 1. The Balaban J connectivity index is 1.77. The molecule has 0 amide bonds. The fourth-order valence-corrected chi connectivity index (χ4v) is 3.76. The molecule has 4 aromatic rings. The van der Waals surface area contributed by atoms with Gasteiger partial charge in [-0.05, 0) is 32.0 Å². The van der Waals surface area contributed by atoms with Crippen molar-refractivity contribution in [3.8, 4) is 10.6 Å². The summed E-state index contributed by atoms with van der Waals surface area (Å²) < 4.78 is 2.05. The molecule has 0 bridgehead atoms. The van der Waals surface area contributed by atoms with Gasteiger partial charge < -0.3 is 10.6 Å². The van der Waals surface area contributed by atoms with E-state index in [1.807, 2.05) is 57.6 Å². The maximum Gasteiger partial charge on any atom is 0.180 e. The minimum atomic E-state index is 0.723. The average Bonchev–Trinajstić information content (AvgIpc) is 3.18. The molecule has 0 saturated heterocycles. The second-order valence-corrected chi connectivity index (χ2v) is 6.92. The van der Waals surface area contributed by atoms with E-state index >= 15 is 0 Å². The first-order valence-corrected chi connectivity index (χ1v) is 8.78. The first-order valence-electron chi connectivity index (χ1n) is 7.97. The summed E-state index contributed by atoms with van der Waals surface area (Å²) in [5.41, 5.74) is 4.85. The average molecular weight is 350 g/mol. The molecule has 2 N–H and O–H groups in total. The summed E-state index contributed by atoms with van der Waals surface area (Å²) in [4.78, 5) is 14.7. The maximum absolute atomic E-state index is 4.59. The largest absolute Gasteiger partial charge is 0.388 e. The van der Waals surface area contributed by atoms with Gasteiger partial charge in [-0.1, -0.05) is 6.07 Å². The van der Waals surface area contributed by atoms with Crippen molar-refractivity contribution in [2.24, 2.45) is 0 Å². The molecule has 25 heavy (non-hydrogen) atoms. The molecule has 0 saturated carbocycles. The normalized spacial score (nSPS) is 11.0. The highest BCUT2D eigenvalue weighted by Crippen LogP contribution is 2.31. The van der Waals surface area contributed by atoms with Crippen LogP contribution < -0.4 is 10.6 Å². The summed E-state index contributed by atoms with van der Waals surface area (Å²) in [6.45, 7) is 4.05. The third-order valence-corrected chi connectivity index (χ3v) is 5.07. The molecule has 0 aliphatic heterocycles. The molecule has 6 nitrogen and oxygen atoms in total. The SMILES string of the molecule is CNc1cccc(Nc2nccn3c(-c4sc(C)nc4C)cnc23)c1. The summed E-state index contributed by atoms with van der Waals surface area (Å²) in [5, 5.41) is 7.55. The van der Waals surface area contributed by atoms with Gasteiger partial charge in [-0.25, -0.2) is 15.0 Å². The predicted octanol–water partition coefficient (Wildman–Crippen LogP) is 4.25. The van der Waals surface area contributed by atoms with Gasteiger partial charge in [0.15, 0.2) is 11.5 Å². The van der Waals surface area contributed by atoms with Crippen molar-refractivity contribution in [1.29, 1.82) is 0 Å². The number of nitrogens with zero attached hydrogens (tertiary/aromatic N) is 4. The number of rotatable bonds is 4. The Bertz CT molecular complexity index is 1050. The van der Waals surface area contributed by atoms with Crippen molar-refractivity contribution < 1.29 is 0 Å². The van der Waals surface area contributed by atoms with Gasteiger partial charge in [0.2, 0.25) is 0 Å². The van der Waals surface area contributed by atoms with Crippen LogP contribution in [0.25, 0.3) is 16.2 Å². The molecule has 126 valence electrons. The monoisotopic (exact) mass is 350 g/mol. The van der Waals surface area contributed by atoms with Crippen molar-refractivity contribution in [3.63, 3.8) is 0 Å². The van der Waals surface area contributed by atoms with E-state index in [2.05, 4.69) is 30.0 Å². The van der Waals surface area contributed by atoms with Gasteiger partial charge in [0.1, 0.15) is 0 Å². The summed E-state index contributed by atoms with van der Waals surface area (Å²) >= 11 is 1.68. The van der Waals surface area contributed by atoms with Crippen LogP contribution in [0.4, 0.5) is 17.2 Å². The molecular formula is C18H18N6S. The Morgan fingerprint density at radius 3 is 2.72 bits per heavy atom. The summed E-state index contributed by atoms with van der Waals surface area (Å²) in [7, 11) is 1.90. The first-order chi connectivity index (χ1) is 12.2. The van der Waals surface area contributed by atoms with E-state index in [4.69, 9.17) is 0 Å². The van der Waals surface area contributed by atoms with Crippen LogP contribution in [0.5, 0.6) is 0 Å². The quantitative estimate of drug-likeness (QED) is 0.576. The van der Waals surface area contributed by atoms with Crippen LogP contribution in [0.3, 0.4) is 0 Å². The predicted molar refractivity (Wildman–Crippen MR) is 103 cm³/mol. The van der Waals surface area contributed by atoms with E-state index in [9.17, 15) is 0 Å². The van der Waals surface area contributed by atoms with Gasteiger partial charge in [-0.15, -0.1) is 11.3 Å². The van der Waals surface area contributed by atoms with E-state index in [0.29, 0.717) is 0 Å². The van der Waals surface area contributed by atoms with Crippen LogP contribution in [-0.2, 0) is 0 Å². The standard InChI is InChI=1S/C18H18N6S/c1-11-16(25-12(2)22-11)15-10-21-18-17(20-7-8-24(15)18)23-14-6-4-5-13(9-14)19-3/h4-10,19H,1-3H3,(H,20,23). The Morgan fingerprint density at radius 2 is 1.96 bits per heavy atom. The zero-order valence-electron chi connectivity index (χ0n) is 14.2. The van der Waals surface area contributed by atoms with Crippen LogP contribution >= 0.6 is 11.3 Å². The minimum absolute atomic E-state index is 0.723. The number of fused-ring (bicyclic) bond motifs is 1. The highest BCUT2D eigenvalue weighted by atomic mass is 32.1. The van der Waals surface area contributed by atoms with Gasteiger partial charge in [0, 0.05) is 30.8 Å². The second kappa shape index (κ2) is 6.18. The second-order valence-electron chi connectivity index (χ2n) is 5.72. The molecule has 0 atom stereocenters. The Kier molecular flexibility index (Phi) is 3.85. The highest BCUT2D eigenvalue weighted by Gasteiger charge is 2.15. The number of aryl methyl sites for hydroxylation is 2. The molecule has 0 fully saturated rings. The van der Waals surface area contributed by atoms with Crippen LogP contribution in [0.1, 0.15) is 10.7 Å². The van der Waals surface area contributed by atoms with Gasteiger partial charge in [0.25, 0.3) is 0 Å². The molecule has 0 radical (unpaired) electrons. The lowest BCUT2D eigenvalue weighted by Gasteiger charge is -2.09. The topological polar surface area (TPSA) is 67.1 Å². The summed E-state index contributed by atoms with van der Waals surface area (Å²) in [6, 6.07) is 8.05. The Labute approximate surface area is 149 Å². The Morgan fingerprint density at radius 1 is 1.12 bits per heavy atom. The van der Waals surface area contributed by atoms with Crippen molar-refractivity contribution in [2.75, 3.05) is 17.7 Å². The number of thiazole rings is 1. The fourth-order valence-electron chi connectivity index (χ4n) is 2.83. The molecule has 0 aliphatic carbocycles. The van der Waals surface area contributed by atoms with Crippen LogP contribution in [-0.4, -0.2) is 26.4 Å². The molecule has 4 rings (SSSR count). The number of hydrogen-bond donors (Lipinski definition) is 2. The minimum Gasteiger partial charge on any atom is -0.388 e. The van der Waals surface area contributed by atoms with Gasteiger partial charge >= 0.3 is 0 Å². The Hall–Kier alpha value is -2.93. The smallest absolute Gasteiger partial charge is 0.180 e. The first kappa shape index (κ1) is 15.6. The maximum atomic E-state index is 4.59. The molecule has 3 aromatic heterocycles. The van der Waals surface area contributed by atoms with E-state index < -0.39 is 0 Å². The summed E-state index contributed by atoms with van der Waals surface area (Å²) in [5.74, 6) is 0.723. The van der Waals surface area contributed by atoms with Gasteiger partial charge in [0.05, 0.1) is 27.5 Å². The van der Waals surface area contributed by atoms with E-state index in [1.165, 1.54) is 0 Å². The number of hydrogen-bond acceptors (Lipinski definition) is 6. The van der Waals surface area contributed by atoms with Crippen molar-refractivity contribution in [3.05, 3.63) is 53.6 Å². The van der Waals surface area contributed by atoms with Crippen LogP contribution in [0.2, 0.25) is 0 Å². The van der Waals surface area contributed by atoms with E-state index in [-0.39, 0.29) is 0 Å². The van der Waals surface area contributed by atoms with Crippen LogP contribution in [0, 0.1) is 13.8 Å². The zero-order chi connectivity index (χ0) is 17.4. The lowest BCUT2D eigenvalue weighted by Crippen LogP contribution is -1.99. The fraction of sp³-hybridized carbons (Fsp3) is 0.167. The van der Waals surface area contributed by atoms with E-state index in [1.54, 1.807) is 17.5 Å². The zero-order valence-corrected chi connectivity index (χ0v) is 15.1. The van der Waals surface area contributed by atoms with E-state index in [0.717, 1.165) is 44.1 Å². The number of nitrogens with one attached hydrogen (secondary N) is 2. The molecule has 0 spiro atoms. The molecule has 7 heteroatoms. The van der Waals surface area contributed by atoms with Gasteiger partial charge in [-0.2, -0.15) is 0 Å². The van der Waals surface area contributed by atoms with Crippen molar-refractivity contribution >= 4 is 34.2 Å². The third-order valence-electron chi connectivity index (χ3n) is 3.98. The van der Waals surface area contributed by atoms with Crippen molar-refractivity contribution in [1.82, 2.24) is 19.4 Å². The van der Waals surface area contributed by atoms with Gasteiger partial charge in [-0.3, -0.25) is 4.40 Å². The lowest BCUT2D eigenvalue weighted by atomic mass is 10.3.